The van der Waals surface area contributed by atoms with E-state index in [0.717, 1.165) is 6.08 Å². The molecule has 0 spiro atoms. The number of carboxylic acids is 1. The zero-order chi connectivity index (χ0) is 16.0. The van der Waals surface area contributed by atoms with Gasteiger partial charge in [-0.1, -0.05) is 6.58 Å². The van der Waals surface area contributed by atoms with E-state index in [1.54, 1.807) is 6.92 Å². The van der Waals surface area contributed by atoms with Gasteiger partial charge < -0.3 is 24.8 Å². The molecule has 8 heteroatoms. The molecule has 0 aliphatic rings. The maximum absolute atomic E-state index is 10.5. The fourth-order valence-electron chi connectivity index (χ4n) is 0.595. The molecule has 0 aliphatic carbocycles. The van der Waals surface area contributed by atoms with Gasteiger partial charge in [0.2, 0.25) is 0 Å². The van der Waals surface area contributed by atoms with Crippen LogP contribution in [-0.2, 0) is 23.9 Å². The van der Waals surface area contributed by atoms with Crippen LogP contribution in [0, 0.1) is 0 Å². The van der Waals surface area contributed by atoms with Crippen molar-refractivity contribution in [2.45, 2.75) is 6.92 Å². The molecule has 8 nitrogen and oxygen atoms in total. The second kappa shape index (κ2) is 13.2. The van der Waals surface area contributed by atoms with E-state index in [2.05, 4.69) is 16.1 Å². The minimum atomic E-state index is -1.22. The van der Waals surface area contributed by atoms with Crippen LogP contribution in [-0.4, -0.2) is 59.7 Å². The quantitative estimate of drug-likeness (QED) is 0.413. The Balaban J connectivity index is 0. The van der Waals surface area contributed by atoms with Crippen LogP contribution in [0.1, 0.15) is 6.92 Å². The van der Waals surface area contributed by atoms with Crippen molar-refractivity contribution >= 4 is 17.9 Å². The molecule has 0 rings (SSSR count). The molecule has 0 aromatic rings. The highest BCUT2D eigenvalue weighted by Gasteiger charge is 1.99. The lowest BCUT2D eigenvalue weighted by atomic mass is 10.4. The molecule has 3 N–H and O–H groups in total. The summed E-state index contributed by atoms with van der Waals surface area (Å²) < 4.78 is 8.77. The zero-order valence-electron chi connectivity index (χ0n) is 11.1. The minimum absolute atomic E-state index is 0.0473. The van der Waals surface area contributed by atoms with Crippen LogP contribution in [0.15, 0.2) is 24.3 Å². The number of aliphatic carboxylic acids is 1. The first kappa shape index (κ1) is 20.1. The van der Waals surface area contributed by atoms with E-state index in [1.807, 2.05) is 0 Å². The molecule has 0 unspecified atom stereocenters. The van der Waals surface area contributed by atoms with Gasteiger partial charge in [-0.2, -0.15) is 0 Å². The first-order valence-corrected chi connectivity index (χ1v) is 5.47. The number of carbonyl (C=O) groups excluding carboxylic acids is 2. The molecular formula is C12H18O8. The Kier molecular flexibility index (Phi) is 13.3. The fraction of sp³-hybridized carbons (Fsp3) is 0.417. The lowest BCUT2D eigenvalue weighted by Crippen LogP contribution is -2.08. The second-order valence-corrected chi connectivity index (χ2v) is 3.20. The summed E-state index contributed by atoms with van der Waals surface area (Å²) in [6, 6.07) is 0. The van der Waals surface area contributed by atoms with Gasteiger partial charge in [-0.15, -0.1) is 0 Å². The van der Waals surface area contributed by atoms with E-state index >= 15 is 0 Å². The summed E-state index contributed by atoms with van der Waals surface area (Å²) in [4.78, 5) is 30.7. The predicted molar refractivity (Wildman–Crippen MR) is 67.7 cm³/mol. The molecule has 0 bridgehead atoms. The highest BCUT2D eigenvalue weighted by Crippen LogP contribution is 1.89. The first-order chi connectivity index (χ1) is 9.34. The lowest BCUT2D eigenvalue weighted by Gasteiger charge is -1.99. The number of hydrogen-bond donors (Lipinski definition) is 3. The third kappa shape index (κ3) is 15.8. The number of carbonyl (C=O) groups is 3. The second-order valence-electron chi connectivity index (χ2n) is 3.20. The normalized spacial score (nSPS) is 9.35. The molecule has 0 atom stereocenters. The maximum atomic E-state index is 10.5. The van der Waals surface area contributed by atoms with Crippen molar-refractivity contribution in [1.29, 1.82) is 0 Å². The van der Waals surface area contributed by atoms with E-state index in [9.17, 15) is 14.4 Å². The molecule has 0 aromatic carbocycles. The molecule has 0 aliphatic heterocycles. The molecule has 0 heterocycles. The number of hydrogen-bond acceptors (Lipinski definition) is 7. The summed E-state index contributed by atoms with van der Waals surface area (Å²) in [5, 5.41) is 24.4. The van der Waals surface area contributed by atoms with Gasteiger partial charge in [0.25, 0.3) is 0 Å². The SMILES string of the molecule is C=C(C)C(=O)OCCO.O=C(O)/C=C\C(=O)OCCO. The predicted octanol–water partition coefficient (Wildman–Crippen LogP) is -0.739. The summed E-state index contributed by atoms with van der Waals surface area (Å²) in [6.07, 6.45) is 1.44. The van der Waals surface area contributed by atoms with Gasteiger partial charge in [-0.25, -0.2) is 14.4 Å². The number of aliphatic hydroxyl groups excluding tert-OH is 2. The number of esters is 2. The topological polar surface area (TPSA) is 130 Å². The lowest BCUT2D eigenvalue weighted by molar-refractivity contribution is -0.140. The summed E-state index contributed by atoms with van der Waals surface area (Å²) >= 11 is 0. The molecule has 0 saturated heterocycles. The Morgan fingerprint density at radius 2 is 1.55 bits per heavy atom. The van der Waals surface area contributed by atoms with Crippen LogP contribution in [0.5, 0.6) is 0 Å². The Labute approximate surface area is 115 Å². The van der Waals surface area contributed by atoms with Gasteiger partial charge in [0, 0.05) is 17.7 Å². The summed E-state index contributed by atoms with van der Waals surface area (Å²) in [5.74, 6) is -2.45. The standard InChI is InChI=1S/C6H8O5.C6H10O3/c7-3-4-11-6(10)2-1-5(8)9;1-5(2)6(8)9-4-3-7/h1-2,7H,3-4H2,(H,8,9);7H,1,3-4H2,2H3/b2-1-;. The maximum Gasteiger partial charge on any atom is 0.333 e. The van der Waals surface area contributed by atoms with Crippen LogP contribution < -0.4 is 0 Å². The van der Waals surface area contributed by atoms with Crippen LogP contribution >= 0.6 is 0 Å². The monoisotopic (exact) mass is 290 g/mol. The van der Waals surface area contributed by atoms with Crippen molar-refractivity contribution in [1.82, 2.24) is 0 Å². The van der Waals surface area contributed by atoms with Gasteiger partial charge in [0.1, 0.15) is 13.2 Å². The van der Waals surface area contributed by atoms with Gasteiger partial charge in [-0.05, 0) is 6.92 Å². The average molecular weight is 290 g/mol. The van der Waals surface area contributed by atoms with E-state index in [0.29, 0.717) is 11.6 Å². The number of rotatable bonds is 7. The highest BCUT2D eigenvalue weighted by molar-refractivity contribution is 5.90. The fourth-order valence-corrected chi connectivity index (χ4v) is 0.595. The largest absolute Gasteiger partial charge is 0.478 e. The van der Waals surface area contributed by atoms with Gasteiger partial charge in [0.15, 0.2) is 0 Å². The van der Waals surface area contributed by atoms with E-state index < -0.39 is 17.9 Å². The zero-order valence-corrected chi connectivity index (χ0v) is 11.1. The Morgan fingerprint density at radius 1 is 1.05 bits per heavy atom. The molecular weight excluding hydrogens is 272 g/mol. The molecule has 114 valence electrons. The van der Waals surface area contributed by atoms with Crippen molar-refractivity contribution in [3.63, 3.8) is 0 Å². The van der Waals surface area contributed by atoms with Crippen molar-refractivity contribution in [3.8, 4) is 0 Å². The van der Waals surface area contributed by atoms with Gasteiger partial charge in [0.05, 0.1) is 13.2 Å². The Morgan fingerprint density at radius 3 is 1.95 bits per heavy atom. The molecule has 0 radical (unpaired) electrons. The van der Waals surface area contributed by atoms with Crippen molar-refractivity contribution in [2.24, 2.45) is 0 Å². The number of aliphatic hydroxyl groups is 2. The van der Waals surface area contributed by atoms with Crippen molar-refractivity contribution < 1.29 is 39.2 Å². The molecule has 0 aromatic heterocycles. The third-order valence-corrected chi connectivity index (χ3v) is 1.37. The molecule has 0 fully saturated rings. The van der Waals surface area contributed by atoms with E-state index in [-0.39, 0.29) is 26.4 Å². The number of carboxylic acid groups (broad SMARTS) is 1. The van der Waals surface area contributed by atoms with Gasteiger partial charge in [-0.3, -0.25) is 0 Å². The molecule has 0 saturated carbocycles. The smallest absolute Gasteiger partial charge is 0.333 e. The van der Waals surface area contributed by atoms with Crippen LogP contribution in [0.3, 0.4) is 0 Å². The molecule has 20 heavy (non-hydrogen) atoms. The highest BCUT2D eigenvalue weighted by atomic mass is 16.5. The Hall–Kier alpha value is -2.19. The Bertz CT molecular complexity index is 358. The van der Waals surface area contributed by atoms with E-state index in [1.165, 1.54) is 0 Å². The summed E-state index contributed by atoms with van der Waals surface area (Å²) in [6.45, 7) is 4.42. The van der Waals surface area contributed by atoms with Crippen LogP contribution in [0.2, 0.25) is 0 Å². The molecule has 0 amide bonds. The van der Waals surface area contributed by atoms with Gasteiger partial charge >= 0.3 is 17.9 Å². The number of ether oxygens (including phenoxy) is 2. The average Bonchev–Trinajstić information content (AvgIpc) is 2.40. The third-order valence-electron chi connectivity index (χ3n) is 1.37. The summed E-state index contributed by atoms with van der Waals surface area (Å²) in [5.41, 5.74) is 0.350. The van der Waals surface area contributed by atoms with Crippen LogP contribution in [0.4, 0.5) is 0 Å². The first-order valence-electron chi connectivity index (χ1n) is 5.47. The van der Waals surface area contributed by atoms with E-state index in [4.69, 9.17) is 15.3 Å². The van der Waals surface area contributed by atoms with Crippen molar-refractivity contribution in [3.05, 3.63) is 24.3 Å². The minimum Gasteiger partial charge on any atom is -0.478 e. The van der Waals surface area contributed by atoms with Crippen LogP contribution in [0.25, 0.3) is 0 Å². The summed E-state index contributed by atoms with van der Waals surface area (Å²) in [7, 11) is 0. The van der Waals surface area contributed by atoms with Crippen molar-refractivity contribution in [2.75, 3.05) is 26.4 Å².